The summed E-state index contributed by atoms with van der Waals surface area (Å²) >= 11 is 0. The number of benzene rings is 3. The van der Waals surface area contributed by atoms with Crippen LogP contribution in [-0.2, 0) is 4.74 Å². The first-order valence-electron chi connectivity index (χ1n) is 12.4. The van der Waals surface area contributed by atoms with Crippen LogP contribution in [0.25, 0.3) is 33.2 Å². The number of pyridine rings is 1. The number of piperidine rings is 1. The van der Waals surface area contributed by atoms with Crippen molar-refractivity contribution in [2.45, 2.75) is 18.6 Å². The molecule has 0 radical (unpaired) electrons. The highest BCUT2D eigenvalue weighted by atomic mass is 19.2. The number of fused-ring (bicyclic) bond motifs is 2. The van der Waals surface area contributed by atoms with Gasteiger partial charge in [0.15, 0.2) is 11.6 Å². The average Bonchev–Trinajstić information content (AvgIpc) is 2.93. The van der Waals surface area contributed by atoms with E-state index in [9.17, 15) is 27.9 Å². The molecule has 2 aliphatic rings. The van der Waals surface area contributed by atoms with Crippen molar-refractivity contribution >= 4 is 16.6 Å². The number of anilines is 1. The van der Waals surface area contributed by atoms with Crippen LogP contribution in [0.4, 0.5) is 23.2 Å². The number of morpholine rings is 1. The van der Waals surface area contributed by atoms with Crippen LogP contribution in [0.3, 0.4) is 0 Å². The molecule has 2 saturated heterocycles. The van der Waals surface area contributed by atoms with Gasteiger partial charge in [0.05, 0.1) is 35.0 Å². The summed E-state index contributed by atoms with van der Waals surface area (Å²) in [5.41, 5.74) is 1.05. The molecule has 10 heteroatoms. The van der Waals surface area contributed by atoms with E-state index in [2.05, 4.69) is 10.3 Å². The summed E-state index contributed by atoms with van der Waals surface area (Å²) in [7, 11) is 0. The van der Waals surface area contributed by atoms with Crippen molar-refractivity contribution < 1.29 is 27.4 Å². The van der Waals surface area contributed by atoms with Crippen LogP contribution in [0.1, 0.15) is 12.0 Å². The third kappa shape index (κ3) is 4.43. The normalized spacial score (nSPS) is 19.1. The minimum absolute atomic E-state index is 0.115. The molecule has 6 rings (SSSR count). The van der Waals surface area contributed by atoms with Gasteiger partial charge in [-0.3, -0.25) is 4.98 Å². The van der Waals surface area contributed by atoms with Gasteiger partial charge >= 0.3 is 0 Å². The van der Waals surface area contributed by atoms with Crippen molar-refractivity contribution in [3.05, 3.63) is 77.5 Å². The van der Waals surface area contributed by atoms with E-state index >= 15 is 0 Å². The molecule has 0 spiro atoms. The molecule has 2 atom stereocenters. The first-order valence-corrected chi connectivity index (χ1v) is 12.4. The predicted octanol–water partition coefficient (Wildman–Crippen LogP) is 5.27. The number of hydrogen-bond acceptors (Lipinski definition) is 6. The highest BCUT2D eigenvalue weighted by molar-refractivity contribution is 6.02. The molecule has 1 aromatic heterocycles. The summed E-state index contributed by atoms with van der Waals surface area (Å²) in [6.07, 6.45) is 2.15. The Morgan fingerprint density at radius 1 is 1.05 bits per heavy atom. The van der Waals surface area contributed by atoms with Crippen molar-refractivity contribution in [3.8, 4) is 34.1 Å². The van der Waals surface area contributed by atoms with E-state index in [0.717, 1.165) is 19.0 Å². The third-order valence-corrected chi connectivity index (χ3v) is 7.33. The van der Waals surface area contributed by atoms with E-state index in [1.165, 1.54) is 24.4 Å². The van der Waals surface area contributed by atoms with Gasteiger partial charge in [0.1, 0.15) is 23.5 Å². The van der Waals surface area contributed by atoms with Crippen molar-refractivity contribution in [2.75, 3.05) is 31.1 Å². The fourth-order valence-corrected chi connectivity index (χ4v) is 5.54. The van der Waals surface area contributed by atoms with Gasteiger partial charge in [0, 0.05) is 48.9 Å². The Hall–Kier alpha value is -4.20. The number of nitrogens with zero attached hydrogens (tertiary/aromatic N) is 3. The average molecular weight is 535 g/mol. The molecule has 0 bridgehead atoms. The first-order chi connectivity index (χ1) is 18.8. The highest BCUT2D eigenvalue weighted by Gasteiger charge is 2.34. The number of aromatic nitrogens is 1. The quantitative estimate of drug-likeness (QED) is 0.349. The number of phenols is 1. The molecule has 2 unspecified atom stereocenters. The van der Waals surface area contributed by atoms with Crippen molar-refractivity contribution in [2.24, 2.45) is 0 Å². The number of halogens is 4. The molecular formula is C29H22F4N4O2. The molecule has 4 aromatic rings. The fraction of sp³-hybridized carbons (Fsp3) is 0.241. The second-order valence-electron chi connectivity index (χ2n) is 9.67. The Labute approximate surface area is 221 Å². The van der Waals surface area contributed by atoms with Crippen LogP contribution in [0.5, 0.6) is 5.75 Å². The van der Waals surface area contributed by atoms with E-state index in [0.29, 0.717) is 47.9 Å². The maximum absolute atomic E-state index is 15.0. The van der Waals surface area contributed by atoms with Crippen LogP contribution in [0, 0.1) is 34.6 Å². The monoisotopic (exact) mass is 534 g/mol. The summed E-state index contributed by atoms with van der Waals surface area (Å²) in [6, 6.07) is 10.3. The Kier molecular flexibility index (Phi) is 6.33. The predicted molar refractivity (Wildman–Crippen MR) is 137 cm³/mol. The lowest BCUT2D eigenvalue weighted by Crippen LogP contribution is -2.57. The minimum atomic E-state index is -1.30. The van der Waals surface area contributed by atoms with Crippen molar-refractivity contribution in [1.82, 2.24) is 10.3 Å². The van der Waals surface area contributed by atoms with E-state index in [-0.39, 0.29) is 23.3 Å². The molecule has 39 heavy (non-hydrogen) atoms. The summed E-state index contributed by atoms with van der Waals surface area (Å²) in [5, 5.41) is 23.9. The van der Waals surface area contributed by atoms with E-state index < -0.39 is 40.1 Å². The molecule has 6 nitrogen and oxygen atoms in total. The molecule has 0 saturated carbocycles. The van der Waals surface area contributed by atoms with Gasteiger partial charge in [0.2, 0.25) is 0 Å². The largest absolute Gasteiger partial charge is 0.506 e. The molecule has 3 aromatic carbocycles. The first kappa shape index (κ1) is 25.1. The van der Waals surface area contributed by atoms with Crippen LogP contribution in [0.15, 0.2) is 48.7 Å². The number of hydrogen-bond donors (Lipinski definition) is 2. The Balaban J connectivity index is 1.59. The zero-order valence-electron chi connectivity index (χ0n) is 20.5. The molecule has 198 valence electrons. The summed E-state index contributed by atoms with van der Waals surface area (Å²) < 4.78 is 63.9. The van der Waals surface area contributed by atoms with Crippen molar-refractivity contribution in [1.29, 1.82) is 5.26 Å². The Morgan fingerprint density at radius 2 is 1.85 bits per heavy atom. The van der Waals surface area contributed by atoms with Crippen molar-refractivity contribution in [3.63, 3.8) is 0 Å². The summed E-state index contributed by atoms with van der Waals surface area (Å²) in [5.74, 6) is -4.76. The second kappa shape index (κ2) is 9.84. The number of nitriles is 1. The molecule has 0 amide bonds. The van der Waals surface area contributed by atoms with Crippen LogP contribution in [0.2, 0.25) is 0 Å². The van der Waals surface area contributed by atoms with E-state index in [4.69, 9.17) is 4.74 Å². The Morgan fingerprint density at radius 3 is 2.62 bits per heavy atom. The molecule has 2 N–H and O–H groups in total. The van der Waals surface area contributed by atoms with Gasteiger partial charge in [-0.15, -0.1) is 0 Å². The maximum atomic E-state index is 15.0. The van der Waals surface area contributed by atoms with E-state index in [1.54, 1.807) is 18.2 Å². The SMILES string of the molecule is N#Cc1cc(F)c(F)c(-c2ccc3ncc(-c4cc(F)cc(F)c4)c(N4CCC5NCCOC5C4)c3c2)c1O. The number of ether oxygens (including phenoxy) is 1. The second-order valence-corrected chi connectivity index (χ2v) is 9.67. The lowest BCUT2D eigenvalue weighted by molar-refractivity contribution is -0.00896. The van der Waals surface area contributed by atoms with Gasteiger partial charge in [-0.05, 0) is 47.9 Å². The van der Waals surface area contributed by atoms with Gasteiger partial charge in [0.25, 0.3) is 0 Å². The Bertz CT molecular complexity index is 1640. The van der Waals surface area contributed by atoms with Gasteiger partial charge in [-0.25, -0.2) is 17.6 Å². The standard InChI is InChI=1S/C29H22F4N4O2/c30-18-7-16(8-19(31)11-18)21-13-36-23-2-1-15(26-27(33)22(32)10-17(12-34)29(26)38)9-20(23)28(21)37-5-3-24-25(14-37)39-6-4-35-24/h1-2,7-11,13,24-25,35,38H,3-6,14H2. The number of aromatic hydroxyl groups is 1. The van der Waals surface area contributed by atoms with E-state index in [1.807, 2.05) is 4.90 Å². The number of rotatable bonds is 3. The number of nitrogens with one attached hydrogen (secondary N) is 1. The summed E-state index contributed by atoms with van der Waals surface area (Å²) in [6.45, 7) is 2.37. The van der Waals surface area contributed by atoms with Crippen LogP contribution in [-0.4, -0.2) is 48.5 Å². The zero-order chi connectivity index (χ0) is 27.3. The lowest BCUT2D eigenvalue weighted by atomic mass is 9.94. The van der Waals surface area contributed by atoms with Crippen LogP contribution >= 0.6 is 0 Å². The van der Waals surface area contributed by atoms with Gasteiger partial charge in [-0.2, -0.15) is 5.26 Å². The summed E-state index contributed by atoms with van der Waals surface area (Å²) in [4.78, 5) is 6.53. The van der Waals surface area contributed by atoms with Gasteiger partial charge < -0.3 is 20.1 Å². The molecule has 2 aliphatic heterocycles. The minimum Gasteiger partial charge on any atom is -0.506 e. The third-order valence-electron chi connectivity index (χ3n) is 7.33. The van der Waals surface area contributed by atoms with Gasteiger partial charge in [-0.1, -0.05) is 6.07 Å². The molecule has 3 heterocycles. The molecule has 2 fully saturated rings. The highest BCUT2D eigenvalue weighted by Crippen LogP contribution is 2.42. The topological polar surface area (TPSA) is 81.4 Å². The smallest absolute Gasteiger partial charge is 0.170 e. The molecule has 0 aliphatic carbocycles. The maximum Gasteiger partial charge on any atom is 0.170 e. The zero-order valence-corrected chi connectivity index (χ0v) is 20.5. The lowest BCUT2D eigenvalue weighted by Gasteiger charge is -2.43. The fourth-order valence-electron chi connectivity index (χ4n) is 5.54. The molecular weight excluding hydrogens is 512 g/mol. The van der Waals surface area contributed by atoms with Crippen LogP contribution < -0.4 is 10.2 Å². The number of phenolic OH excluding ortho intramolecular Hbond substituents is 1.